The highest BCUT2D eigenvalue weighted by Gasteiger charge is 2.22. The molecule has 0 spiro atoms. The number of benzene rings is 1. The van der Waals surface area contributed by atoms with Crippen LogP contribution in [0.1, 0.15) is 43.6 Å². The summed E-state index contributed by atoms with van der Waals surface area (Å²) in [5.74, 6) is -0.106. The molecular weight excluding hydrogens is 326 g/mol. The van der Waals surface area contributed by atoms with Crippen molar-refractivity contribution in [1.29, 1.82) is 0 Å². The van der Waals surface area contributed by atoms with Gasteiger partial charge in [0.1, 0.15) is 0 Å². The molecule has 0 bridgehead atoms. The van der Waals surface area contributed by atoms with E-state index in [2.05, 4.69) is 48.7 Å². The van der Waals surface area contributed by atoms with Crippen LogP contribution in [0.15, 0.2) is 34.9 Å². The Kier molecular flexibility index (Phi) is 6.02. The van der Waals surface area contributed by atoms with Crippen molar-refractivity contribution in [2.24, 2.45) is 0 Å². The van der Waals surface area contributed by atoms with Crippen LogP contribution in [-0.4, -0.2) is 23.1 Å². The molecule has 2 N–H and O–H groups in total. The van der Waals surface area contributed by atoms with Crippen molar-refractivity contribution in [2.45, 2.75) is 45.7 Å². The minimum atomic E-state index is -0.252. The molecule has 2 rings (SSSR count). The van der Waals surface area contributed by atoms with Crippen LogP contribution in [0.5, 0.6) is 0 Å². The summed E-state index contributed by atoms with van der Waals surface area (Å²) in [4.78, 5) is 12.2. The number of aryl methyl sites for hydroxylation is 1. The summed E-state index contributed by atoms with van der Waals surface area (Å²) in [6, 6.07) is 10.4. The van der Waals surface area contributed by atoms with Crippen LogP contribution in [0.2, 0.25) is 5.22 Å². The Morgan fingerprint density at radius 2 is 2.00 bits per heavy atom. The topological polar surface area (TPSA) is 67.2 Å². The summed E-state index contributed by atoms with van der Waals surface area (Å²) in [5.41, 5.74) is 2.24. The van der Waals surface area contributed by atoms with E-state index in [9.17, 15) is 4.79 Å². The van der Waals surface area contributed by atoms with Crippen LogP contribution in [0.25, 0.3) is 0 Å². The van der Waals surface area contributed by atoms with Crippen LogP contribution in [-0.2, 0) is 11.2 Å². The smallest absolute Gasteiger partial charge is 0.229 e. The lowest BCUT2D eigenvalue weighted by Gasteiger charge is -2.31. The summed E-state index contributed by atoms with van der Waals surface area (Å²) in [5, 5.41) is 10.4. The molecule has 0 saturated carbocycles. The molecule has 1 atom stereocenters. The van der Waals surface area contributed by atoms with Gasteiger partial charge in [-0.15, -0.1) is 0 Å². The third kappa shape index (κ3) is 5.08. The summed E-state index contributed by atoms with van der Waals surface area (Å²) in [7, 11) is 0. The predicted octanol–water partition coefficient (Wildman–Crippen LogP) is 3.42. The van der Waals surface area contributed by atoms with Crippen molar-refractivity contribution in [2.75, 3.05) is 6.54 Å². The monoisotopic (exact) mass is 349 g/mol. The summed E-state index contributed by atoms with van der Waals surface area (Å²) < 4.78 is 4.87. The molecule has 0 unspecified atom stereocenters. The van der Waals surface area contributed by atoms with Gasteiger partial charge in [-0.25, -0.2) is 0 Å². The number of hydrogen-bond acceptors (Lipinski definition) is 4. The van der Waals surface area contributed by atoms with E-state index in [1.807, 2.05) is 18.2 Å². The van der Waals surface area contributed by atoms with E-state index in [0.29, 0.717) is 17.8 Å². The molecule has 0 fully saturated rings. The number of nitrogens with one attached hydrogen (secondary N) is 2. The quantitative estimate of drug-likeness (QED) is 0.803. The van der Waals surface area contributed by atoms with E-state index in [4.69, 9.17) is 16.1 Å². The van der Waals surface area contributed by atoms with Gasteiger partial charge in [-0.2, -0.15) is 0 Å². The van der Waals surface area contributed by atoms with Gasteiger partial charge in [0.05, 0.1) is 12.1 Å². The first-order valence-electron chi connectivity index (χ1n) is 7.98. The molecule has 1 aromatic heterocycles. The molecule has 0 aliphatic carbocycles. The lowest BCUT2D eigenvalue weighted by atomic mass is 10.0. The molecule has 0 aliphatic rings. The van der Waals surface area contributed by atoms with Gasteiger partial charge in [0.25, 0.3) is 0 Å². The van der Waals surface area contributed by atoms with E-state index >= 15 is 0 Å². The van der Waals surface area contributed by atoms with Gasteiger partial charge in [-0.05, 0) is 44.9 Å². The Balaban J connectivity index is 1.86. The first kappa shape index (κ1) is 18.5. The molecule has 2 aromatic rings. The average molecular weight is 350 g/mol. The van der Waals surface area contributed by atoms with E-state index in [-0.39, 0.29) is 29.1 Å². The van der Waals surface area contributed by atoms with Crippen LogP contribution in [0, 0.1) is 6.92 Å². The van der Waals surface area contributed by atoms with Gasteiger partial charge < -0.3 is 15.2 Å². The standard InChI is InChI=1S/C18H24ClN3O2/c1-12(14-8-6-5-7-9-14)21-18(3,4)11-20-16(23)10-15-13(2)22-24-17(15)19/h5-9,12,21H,10-11H2,1-4H3,(H,20,23)/t12-/m1/s1. The maximum absolute atomic E-state index is 12.2. The number of amides is 1. The Hall–Kier alpha value is -1.85. The molecule has 5 nitrogen and oxygen atoms in total. The third-order valence-corrected chi connectivity index (χ3v) is 4.21. The first-order valence-corrected chi connectivity index (χ1v) is 8.36. The maximum Gasteiger partial charge on any atom is 0.229 e. The molecule has 0 saturated heterocycles. The van der Waals surface area contributed by atoms with Gasteiger partial charge in [0, 0.05) is 23.7 Å². The van der Waals surface area contributed by atoms with Gasteiger partial charge >= 0.3 is 0 Å². The van der Waals surface area contributed by atoms with Gasteiger partial charge in [0.15, 0.2) is 0 Å². The predicted molar refractivity (Wildman–Crippen MR) is 95.0 cm³/mol. The molecule has 1 aromatic carbocycles. The molecular formula is C18H24ClN3O2. The minimum Gasteiger partial charge on any atom is -0.354 e. The van der Waals surface area contributed by atoms with E-state index in [1.54, 1.807) is 6.92 Å². The zero-order valence-electron chi connectivity index (χ0n) is 14.5. The fraction of sp³-hybridized carbons (Fsp3) is 0.444. The Morgan fingerprint density at radius 3 is 2.58 bits per heavy atom. The van der Waals surface area contributed by atoms with Crippen LogP contribution in [0.4, 0.5) is 0 Å². The molecule has 0 radical (unpaired) electrons. The number of aromatic nitrogens is 1. The van der Waals surface area contributed by atoms with Crippen molar-refractivity contribution in [3.05, 3.63) is 52.4 Å². The second-order valence-corrected chi connectivity index (χ2v) is 6.98. The fourth-order valence-corrected chi connectivity index (χ4v) is 2.80. The average Bonchev–Trinajstić information content (AvgIpc) is 2.85. The van der Waals surface area contributed by atoms with Crippen molar-refractivity contribution in [3.8, 4) is 0 Å². The van der Waals surface area contributed by atoms with Gasteiger partial charge in [0.2, 0.25) is 11.1 Å². The first-order chi connectivity index (χ1) is 11.3. The SMILES string of the molecule is Cc1noc(Cl)c1CC(=O)NCC(C)(C)N[C@H](C)c1ccccc1. The normalized spacial score (nSPS) is 12.9. The second-order valence-electron chi connectivity index (χ2n) is 6.63. The van der Waals surface area contributed by atoms with Crippen molar-refractivity contribution in [3.63, 3.8) is 0 Å². The fourth-order valence-electron chi connectivity index (χ4n) is 2.56. The summed E-state index contributed by atoms with van der Waals surface area (Å²) >= 11 is 5.89. The van der Waals surface area contributed by atoms with Crippen molar-refractivity contribution in [1.82, 2.24) is 15.8 Å². The maximum atomic E-state index is 12.2. The second kappa shape index (κ2) is 7.81. The van der Waals surface area contributed by atoms with Crippen LogP contribution >= 0.6 is 11.6 Å². The molecule has 1 heterocycles. The van der Waals surface area contributed by atoms with Gasteiger partial charge in [-0.3, -0.25) is 4.79 Å². The molecule has 6 heteroatoms. The zero-order chi connectivity index (χ0) is 17.7. The highest BCUT2D eigenvalue weighted by Crippen LogP contribution is 2.19. The van der Waals surface area contributed by atoms with E-state index in [1.165, 1.54) is 5.56 Å². The third-order valence-electron chi connectivity index (χ3n) is 3.91. The zero-order valence-corrected chi connectivity index (χ0v) is 15.3. The Morgan fingerprint density at radius 1 is 1.33 bits per heavy atom. The van der Waals surface area contributed by atoms with Crippen molar-refractivity contribution < 1.29 is 9.32 Å². The number of carbonyl (C=O) groups excluding carboxylic acids is 1. The van der Waals surface area contributed by atoms with Gasteiger partial charge in [-0.1, -0.05) is 35.5 Å². The lowest BCUT2D eigenvalue weighted by molar-refractivity contribution is -0.120. The Labute approximate surface area is 147 Å². The Bertz CT molecular complexity index is 663. The lowest BCUT2D eigenvalue weighted by Crippen LogP contribution is -2.50. The minimum absolute atomic E-state index is 0.106. The number of carbonyl (C=O) groups is 1. The van der Waals surface area contributed by atoms with E-state index in [0.717, 1.165) is 0 Å². The van der Waals surface area contributed by atoms with Crippen molar-refractivity contribution >= 4 is 17.5 Å². The molecule has 130 valence electrons. The molecule has 24 heavy (non-hydrogen) atoms. The number of nitrogens with zero attached hydrogens (tertiary/aromatic N) is 1. The van der Waals surface area contributed by atoms with Crippen LogP contribution < -0.4 is 10.6 Å². The number of hydrogen-bond donors (Lipinski definition) is 2. The van der Waals surface area contributed by atoms with E-state index < -0.39 is 0 Å². The number of rotatable bonds is 7. The number of halogens is 1. The summed E-state index contributed by atoms with van der Waals surface area (Å²) in [6.07, 6.45) is 0.165. The summed E-state index contributed by atoms with van der Waals surface area (Å²) in [6.45, 7) is 8.50. The highest BCUT2D eigenvalue weighted by atomic mass is 35.5. The molecule has 0 aliphatic heterocycles. The van der Waals surface area contributed by atoms with Crippen LogP contribution in [0.3, 0.4) is 0 Å². The molecule has 1 amide bonds. The highest BCUT2D eigenvalue weighted by molar-refractivity contribution is 6.29. The largest absolute Gasteiger partial charge is 0.354 e.